The molecule has 2 atom stereocenters. The highest BCUT2D eigenvalue weighted by molar-refractivity contribution is 5.81. The third kappa shape index (κ3) is 4.08. The lowest BCUT2D eigenvalue weighted by atomic mass is 9.82. The zero-order valence-corrected chi connectivity index (χ0v) is 19.2. The largest absolute Gasteiger partial charge is 0.487 e. The first-order valence-corrected chi connectivity index (χ1v) is 11.7. The Labute approximate surface area is 193 Å². The molecule has 172 valence electrons. The van der Waals surface area contributed by atoms with Gasteiger partial charge in [-0.3, -0.25) is 9.59 Å². The number of nitrogens with zero attached hydrogens (tertiary/aromatic N) is 3. The zero-order chi connectivity index (χ0) is 23.0. The highest BCUT2D eigenvalue weighted by atomic mass is 16.5. The fourth-order valence-electron chi connectivity index (χ4n) is 5.25. The number of para-hydroxylation sites is 3. The molecule has 7 heteroatoms. The first-order chi connectivity index (χ1) is 16.0. The Kier molecular flexibility index (Phi) is 5.56. The Bertz CT molecular complexity index is 1200. The molecule has 0 unspecified atom stereocenters. The van der Waals surface area contributed by atoms with Crippen LogP contribution in [0.5, 0.6) is 5.75 Å². The molecule has 33 heavy (non-hydrogen) atoms. The van der Waals surface area contributed by atoms with Crippen LogP contribution in [0.1, 0.15) is 50.0 Å². The van der Waals surface area contributed by atoms with E-state index in [2.05, 4.69) is 10.3 Å². The molecule has 2 aromatic carbocycles. The van der Waals surface area contributed by atoms with Crippen molar-refractivity contribution >= 4 is 22.8 Å². The SMILES string of the molecule is CCN1CC[C@]2(CCC1=O)C[C@@H](NC(=O)Cn1c(C)nc3ccccc31)c1ccccc1O2. The van der Waals surface area contributed by atoms with Crippen LogP contribution < -0.4 is 10.1 Å². The second-order valence-electron chi connectivity index (χ2n) is 9.10. The van der Waals surface area contributed by atoms with Gasteiger partial charge in [-0.1, -0.05) is 30.3 Å². The molecule has 3 aromatic rings. The van der Waals surface area contributed by atoms with Crippen LogP contribution >= 0.6 is 0 Å². The van der Waals surface area contributed by atoms with E-state index in [1.54, 1.807) is 0 Å². The monoisotopic (exact) mass is 446 g/mol. The smallest absolute Gasteiger partial charge is 0.240 e. The Balaban J connectivity index is 1.39. The van der Waals surface area contributed by atoms with Crippen LogP contribution in [0.3, 0.4) is 0 Å². The maximum atomic E-state index is 13.2. The predicted molar refractivity (Wildman–Crippen MR) is 126 cm³/mol. The number of imidazole rings is 1. The molecule has 1 fully saturated rings. The summed E-state index contributed by atoms with van der Waals surface area (Å²) in [5.74, 6) is 1.74. The van der Waals surface area contributed by atoms with Crippen LogP contribution in [0.4, 0.5) is 0 Å². The summed E-state index contributed by atoms with van der Waals surface area (Å²) >= 11 is 0. The van der Waals surface area contributed by atoms with Gasteiger partial charge < -0.3 is 19.5 Å². The van der Waals surface area contributed by atoms with Gasteiger partial charge in [0.25, 0.3) is 0 Å². The Morgan fingerprint density at radius 3 is 2.82 bits per heavy atom. The summed E-state index contributed by atoms with van der Waals surface area (Å²) in [4.78, 5) is 32.2. The van der Waals surface area contributed by atoms with Crippen molar-refractivity contribution in [2.45, 2.75) is 57.7 Å². The van der Waals surface area contributed by atoms with Gasteiger partial charge in [-0.05, 0) is 38.5 Å². The van der Waals surface area contributed by atoms with E-state index in [1.807, 2.05) is 71.8 Å². The molecule has 7 nitrogen and oxygen atoms in total. The minimum Gasteiger partial charge on any atom is -0.487 e. The van der Waals surface area contributed by atoms with E-state index < -0.39 is 5.60 Å². The third-order valence-electron chi connectivity index (χ3n) is 7.05. The molecule has 1 saturated heterocycles. The van der Waals surface area contributed by atoms with Crippen LogP contribution in [0, 0.1) is 6.92 Å². The van der Waals surface area contributed by atoms with Gasteiger partial charge in [-0.25, -0.2) is 4.98 Å². The molecule has 5 rings (SSSR count). The maximum absolute atomic E-state index is 13.2. The van der Waals surface area contributed by atoms with Crippen LogP contribution in [0.25, 0.3) is 11.0 Å². The lowest BCUT2D eigenvalue weighted by Crippen LogP contribution is -2.46. The fourth-order valence-corrected chi connectivity index (χ4v) is 5.25. The molecule has 2 aliphatic rings. The van der Waals surface area contributed by atoms with Crippen molar-refractivity contribution in [1.82, 2.24) is 19.8 Å². The van der Waals surface area contributed by atoms with E-state index in [0.29, 0.717) is 32.4 Å². The molecule has 0 radical (unpaired) electrons. The third-order valence-corrected chi connectivity index (χ3v) is 7.05. The first-order valence-electron chi connectivity index (χ1n) is 11.7. The summed E-state index contributed by atoms with van der Waals surface area (Å²) in [6.07, 6.45) is 2.55. The van der Waals surface area contributed by atoms with Crippen molar-refractivity contribution in [3.8, 4) is 5.75 Å². The van der Waals surface area contributed by atoms with Gasteiger partial charge in [-0.2, -0.15) is 0 Å². The molecule has 0 aliphatic carbocycles. The van der Waals surface area contributed by atoms with Gasteiger partial charge in [0.05, 0.1) is 17.1 Å². The lowest BCUT2D eigenvalue weighted by molar-refractivity contribution is -0.130. The summed E-state index contributed by atoms with van der Waals surface area (Å²) in [7, 11) is 0. The van der Waals surface area contributed by atoms with Crippen molar-refractivity contribution in [2.75, 3.05) is 13.1 Å². The average Bonchev–Trinajstić information content (AvgIpc) is 3.04. The van der Waals surface area contributed by atoms with Gasteiger partial charge in [0, 0.05) is 37.9 Å². The average molecular weight is 447 g/mol. The number of amides is 2. The quantitative estimate of drug-likeness (QED) is 0.662. The van der Waals surface area contributed by atoms with Crippen molar-refractivity contribution in [3.05, 3.63) is 59.9 Å². The first kappa shape index (κ1) is 21.5. The number of rotatable bonds is 4. The van der Waals surface area contributed by atoms with Gasteiger partial charge in [0.15, 0.2) is 0 Å². The van der Waals surface area contributed by atoms with Crippen LogP contribution in [-0.4, -0.2) is 45.0 Å². The number of aromatic nitrogens is 2. The number of nitrogens with one attached hydrogen (secondary N) is 1. The number of ether oxygens (including phenoxy) is 1. The molecule has 2 amide bonds. The number of hydrogen-bond acceptors (Lipinski definition) is 4. The van der Waals surface area contributed by atoms with Gasteiger partial charge in [-0.15, -0.1) is 0 Å². The summed E-state index contributed by atoms with van der Waals surface area (Å²) in [6, 6.07) is 15.6. The molecule has 3 heterocycles. The van der Waals surface area contributed by atoms with Gasteiger partial charge in [0.1, 0.15) is 23.7 Å². The maximum Gasteiger partial charge on any atom is 0.240 e. The highest BCUT2D eigenvalue weighted by Gasteiger charge is 2.43. The molecule has 1 spiro atoms. The Morgan fingerprint density at radius 1 is 1.18 bits per heavy atom. The van der Waals surface area contributed by atoms with Gasteiger partial charge >= 0.3 is 0 Å². The summed E-state index contributed by atoms with van der Waals surface area (Å²) < 4.78 is 8.48. The van der Waals surface area contributed by atoms with Crippen molar-refractivity contribution < 1.29 is 14.3 Å². The van der Waals surface area contributed by atoms with E-state index in [4.69, 9.17) is 4.74 Å². The number of carbonyl (C=O) groups is 2. The van der Waals surface area contributed by atoms with Crippen LogP contribution in [0.2, 0.25) is 0 Å². The van der Waals surface area contributed by atoms with E-state index >= 15 is 0 Å². The highest BCUT2D eigenvalue weighted by Crippen LogP contribution is 2.44. The normalized spacial score (nSPS) is 22.7. The minimum atomic E-state index is -0.455. The van der Waals surface area contributed by atoms with E-state index in [9.17, 15) is 9.59 Å². The minimum absolute atomic E-state index is 0.0574. The van der Waals surface area contributed by atoms with Crippen LogP contribution in [0.15, 0.2) is 48.5 Å². The second-order valence-corrected chi connectivity index (χ2v) is 9.10. The topological polar surface area (TPSA) is 76.5 Å². The lowest BCUT2D eigenvalue weighted by Gasteiger charge is -2.42. The zero-order valence-electron chi connectivity index (χ0n) is 19.2. The Hall–Kier alpha value is -3.35. The number of fused-ring (bicyclic) bond motifs is 2. The molecular formula is C26H30N4O3. The molecular weight excluding hydrogens is 416 g/mol. The number of likely N-dealkylation sites (tertiary alicyclic amines) is 1. The summed E-state index contributed by atoms with van der Waals surface area (Å²) in [5, 5.41) is 3.27. The van der Waals surface area contributed by atoms with Gasteiger partial charge in [0.2, 0.25) is 11.8 Å². The van der Waals surface area contributed by atoms with Crippen LogP contribution in [-0.2, 0) is 16.1 Å². The molecule has 2 aliphatic heterocycles. The molecule has 0 saturated carbocycles. The molecule has 1 aromatic heterocycles. The number of benzene rings is 2. The predicted octanol–water partition coefficient (Wildman–Crippen LogP) is 3.76. The van der Waals surface area contributed by atoms with E-state index in [0.717, 1.165) is 34.6 Å². The van der Waals surface area contributed by atoms with E-state index in [1.165, 1.54) is 0 Å². The number of aryl methyl sites for hydroxylation is 1. The fraction of sp³-hybridized carbons (Fsp3) is 0.423. The number of carbonyl (C=O) groups excluding carboxylic acids is 2. The second kappa shape index (κ2) is 8.54. The molecule has 0 bridgehead atoms. The van der Waals surface area contributed by atoms with Crippen molar-refractivity contribution in [1.29, 1.82) is 0 Å². The van der Waals surface area contributed by atoms with Crippen molar-refractivity contribution in [2.24, 2.45) is 0 Å². The summed E-state index contributed by atoms with van der Waals surface area (Å²) in [5.41, 5.74) is 2.38. The Morgan fingerprint density at radius 2 is 1.97 bits per heavy atom. The number of hydrogen-bond donors (Lipinski definition) is 1. The molecule has 1 N–H and O–H groups in total. The van der Waals surface area contributed by atoms with E-state index in [-0.39, 0.29) is 24.4 Å². The summed E-state index contributed by atoms with van der Waals surface area (Å²) in [6.45, 7) is 5.54. The van der Waals surface area contributed by atoms with Crippen molar-refractivity contribution in [3.63, 3.8) is 0 Å². The standard InChI is InChI=1S/C26H30N4O3/c1-3-29-15-14-26(13-12-25(29)32)16-21(19-8-4-7-11-23(19)33-26)28-24(31)17-30-18(2)27-20-9-5-6-10-22(20)30/h4-11,21H,3,12-17H2,1-2H3,(H,28,31)/t21-,26-/m1/s1.